The van der Waals surface area contributed by atoms with Gasteiger partial charge in [0, 0.05) is 12.8 Å². The number of hydrogen-bond donors (Lipinski definition) is 1. The van der Waals surface area contributed by atoms with Gasteiger partial charge in [-0.2, -0.15) is 26.3 Å². The van der Waals surface area contributed by atoms with Gasteiger partial charge >= 0.3 is 12.4 Å². The topological polar surface area (TPSA) is 63.1 Å². The molecule has 0 radical (unpaired) electrons. The molecule has 21 heavy (non-hydrogen) atoms. The molecule has 0 aliphatic heterocycles. The number of aliphatic imine (C=N–C) groups is 3. The van der Waals surface area contributed by atoms with Crippen LogP contribution < -0.4 is 5.73 Å². The van der Waals surface area contributed by atoms with Gasteiger partial charge in [-0.05, 0) is 13.0 Å². The molecule has 0 amide bonds. The van der Waals surface area contributed by atoms with E-state index >= 15 is 0 Å². The van der Waals surface area contributed by atoms with Crippen LogP contribution in [0, 0.1) is 0 Å². The number of nitrogens with zero attached hydrogens (tertiary/aromatic N) is 3. The highest BCUT2D eigenvalue weighted by Gasteiger charge is 2.35. The van der Waals surface area contributed by atoms with Crippen LogP contribution in [-0.2, 0) is 0 Å². The molecule has 0 bridgehead atoms. The van der Waals surface area contributed by atoms with E-state index in [-0.39, 0.29) is 6.54 Å². The zero-order valence-electron chi connectivity index (χ0n) is 11.0. The predicted molar refractivity (Wildman–Crippen MR) is 69.1 cm³/mol. The van der Waals surface area contributed by atoms with Gasteiger partial charge < -0.3 is 5.73 Å². The van der Waals surface area contributed by atoms with E-state index in [0.29, 0.717) is 12.3 Å². The van der Waals surface area contributed by atoms with Crippen molar-refractivity contribution in [3.63, 3.8) is 0 Å². The fourth-order valence-electron chi connectivity index (χ4n) is 1.04. The Balaban J connectivity index is 4.87. The molecule has 0 fully saturated rings. The first-order chi connectivity index (χ1) is 9.52. The Kier molecular flexibility index (Phi) is 7.27. The maximum Gasteiger partial charge on any atom is 0.451 e. The summed E-state index contributed by atoms with van der Waals surface area (Å²) in [5.41, 5.74) is 4.07. The van der Waals surface area contributed by atoms with E-state index in [1.807, 2.05) is 0 Å². The van der Waals surface area contributed by atoms with Gasteiger partial charge in [-0.1, -0.05) is 6.58 Å². The quantitative estimate of drug-likeness (QED) is 0.473. The molecule has 0 saturated heterocycles. The lowest BCUT2D eigenvalue weighted by molar-refractivity contribution is -0.0601. The highest BCUT2D eigenvalue weighted by atomic mass is 19.4. The van der Waals surface area contributed by atoms with Crippen LogP contribution in [0.4, 0.5) is 26.3 Å². The van der Waals surface area contributed by atoms with Crippen LogP contribution in [0.1, 0.15) is 6.92 Å². The Labute approximate surface area is 117 Å². The first-order valence-electron chi connectivity index (χ1n) is 5.67. The molecule has 0 spiro atoms. The van der Waals surface area contributed by atoms with Crippen LogP contribution in [0.5, 0.6) is 0 Å². The molecule has 0 aliphatic carbocycles. The van der Waals surface area contributed by atoms with Crippen molar-refractivity contribution >= 4 is 17.8 Å². The van der Waals surface area contributed by atoms with Gasteiger partial charge in [0.25, 0.3) is 0 Å². The fraction of sp³-hybridized carbons (Fsp3) is 0.545. The van der Waals surface area contributed by atoms with Gasteiger partial charge in [0.2, 0.25) is 5.84 Å². The number of hydrogen-bond acceptors (Lipinski definition) is 3. The number of rotatable bonds is 5. The zero-order valence-corrected chi connectivity index (χ0v) is 11.0. The van der Waals surface area contributed by atoms with E-state index in [2.05, 4.69) is 21.6 Å². The number of allylic oxidation sites excluding steroid dienone is 1. The monoisotopic (exact) mass is 316 g/mol. The van der Waals surface area contributed by atoms with Crippen LogP contribution in [0.2, 0.25) is 0 Å². The number of amidine groups is 1. The first kappa shape index (κ1) is 19.3. The average molecular weight is 316 g/mol. The molecule has 1 unspecified atom stereocenters. The summed E-state index contributed by atoms with van der Waals surface area (Å²) in [6.45, 7) is 3.60. The second-order valence-corrected chi connectivity index (χ2v) is 3.67. The molecule has 0 rings (SSSR count). The Bertz CT molecular complexity index is 433. The standard InChI is InChI=1S/C11H14F6N4/c1-3-8(10(12,13)14)20-5-7(18)6-21-9(19-4-2)11(15,16)17/h3,6-7H,1,4-5,18H2,2H3. The van der Waals surface area contributed by atoms with Crippen molar-refractivity contribution in [1.82, 2.24) is 0 Å². The third-order valence-corrected chi connectivity index (χ3v) is 1.91. The lowest BCUT2D eigenvalue weighted by Gasteiger charge is -2.08. The Hall–Kier alpha value is -1.71. The summed E-state index contributed by atoms with van der Waals surface area (Å²) in [5, 5.41) is 0. The molecule has 10 heteroatoms. The summed E-state index contributed by atoms with van der Waals surface area (Å²) in [5.74, 6) is -1.40. The minimum Gasteiger partial charge on any atom is -0.322 e. The summed E-state index contributed by atoms with van der Waals surface area (Å²) in [4.78, 5) is 9.31. The predicted octanol–water partition coefficient (Wildman–Crippen LogP) is 2.55. The minimum atomic E-state index is -4.76. The minimum absolute atomic E-state index is 0.145. The molecule has 0 heterocycles. The van der Waals surface area contributed by atoms with E-state index in [0.717, 1.165) is 0 Å². The van der Waals surface area contributed by atoms with Crippen LogP contribution >= 0.6 is 0 Å². The third-order valence-electron chi connectivity index (χ3n) is 1.91. The van der Waals surface area contributed by atoms with Crippen LogP contribution in [0.25, 0.3) is 0 Å². The second-order valence-electron chi connectivity index (χ2n) is 3.67. The highest BCUT2D eigenvalue weighted by Crippen LogP contribution is 2.19. The molecule has 0 aliphatic rings. The van der Waals surface area contributed by atoms with Gasteiger partial charge in [0.1, 0.15) is 5.71 Å². The maximum absolute atomic E-state index is 12.4. The molecule has 1 atom stereocenters. The molecule has 120 valence electrons. The van der Waals surface area contributed by atoms with Gasteiger partial charge in [-0.3, -0.25) is 9.98 Å². The fourth-order valence-corrected chi connectivity index (χ4v) is 1.04. The molecular weight excluding hydrogens is 302 g/mol. The number of alkyl halides is 6. The highest BCUT2D eigenvalue weighted by molar-refractivity contribution is 5.99. The van der Waals surface area contributed by atoms with Gasteiger partial charge in [0.15, 0.2) is 0 Å². The van der Waals surface area contributed by atoms with Crippen LogP contribution in [0.15, 0.2) is 27.6 Å². The molecule has 0 aromatic carbocycles. The van der Waals surface area contributed by atoms with Crippen molar-refractivity contribution < 1.29 is 26.3 Å². The Morgan fingerprint density at radius 1 is 1.14 bits per heavy atom. The van der Waals surface area contributed by atoms with E-state index in [1.165, 1.54) is 6.92 Å². The van der Waals surface area contributed by atoms with Crippen LogP contribution in [-0.4, -0.2) is 49.2 Å². The summed E-state index contributed by atoms with van der Waals surface area (Å²) in [7, 11) is 0. The van der Waals surface area contributed by atoms with Crippen molar-refractivity contribution in [2.24, 2.45) is 20.7 Å². The summed E-state index contributed by atoms with van der Waals surface area (Å²) < 4.78 is 74.1. The van der Waals surface area contributed by atoms with E-state index in [1.54, 1.807) is 0 Å². The third kappa shape index (κ3) is 7.59. The summed E-state index contributed by atoms with van der Waals surface area (Å²) >= 11 is 0. The van der Waals surface area contributed by atoms with E-state index in [9.17, 15) is 26.3 Å². The van der Waals surface area contributed by atoms with Gasteiger partial charge in [-0.15, -0.1) is 0 Å². The summed E-state index contributed by atoms with van der Waals surface area (Å²) in [6, 6.07) is -1.22. The number of nitrogens with two attached hydrogens (primary N) is 1. The largest absolute Gasteiger partial charge is 0.451 e. The molecule has 2 N–H and O–H groups in total. The van der Waals surface area contributed by atoms with E-state index < -0.39 is 36.5 Å². The molecule has 4 nitrogen and oxygen atoms in total. The maximum atomic E-state index is 12.4. The lowest BCUT2D eigenvalue weighted by atomic mass is 10.3. The van der Waals surface area contributed by atoms with Crippen molar-refractivity contribution in [1.29, 1.82) is 0 Å². The number of halogens is 6. The molecule has 0 saturated carbocycles. The average Bonchev–Trinajstić information content (AvgIpc) is 2.32. The van der Waals surface area contributed by atoms with Crippen molar-refractivity contribution in [3.05, 3.63) is 12.7 Å². The first-order valence-corrected chi connectivity index (χ1v) is 5.67. The summed E-state index contributed by atoms with van der Waals surface area (Å²) in [6.07, 6.45) is -8.31. The van der Waals surface area contributed by atoms with Crippen molar-refractivity contribution in [2.45, 2.75) is 25.3 Å². The van der Waals surface area contributed by atoms with Crippen molar-refractivity contribution in [2.75, 3.05) is 13.1 Å². The van der Waals surface area contributed by atoms with Crippen molar-refractivity contribution in [3.8, 4) is 0 Å². The Morgan fingerprint density at radius 2 is 1.71 bits per heavy atom. The van der Waals surface area contributed by atoms with Crippen LogP contribution in [0.3, 0.4) is 0 Å². The SMILES string of the molecule is C=CC(=NCC(N)C=NC(=NCC)C(F)(F)F)C(F)(F)F. The van der Waals surface area contributed by atoms with Gasteiger partial charge in [0.05, 0.1) is 12.6 Å². The molecule has 0 aromatic rings. The Morgan fingerprint density at radius 3 is 2.10 bits per heavy atom. The second kappa shape index (κ2) is 7.91. The zero-order chi connectivity index (χ0) is 16.7. The normalized spacial score (nSPS) is 16.4. The molecular formula is C11H14F6N4. The smallest absolute Gasteiger partial charge is 0.322 e. The lowest BCUT2D eigenvalue weighted by Crippen LogP contribution is -2.30. The molecule has 0 aromatic heterocycles. The van der Waals surface area contributed by atoms with E-state index in [4.69, 9.17) is 5.73 Å². The van der Waals surface area contributed by atoms with Gasteiger partial charge in [-0.25, -0.2) is 4.99 Å².